The number of nitrogens with two attached hydrogens (primary N) is 1. The molecule has 0 aliphatic heterocycles. The van der Waals surface area contributed by atoms with Gasteiger partial charge >= 0.3 is 0 Å². The van der Waals surface area contributed by atoms with Gasteiger partial charge in [-0.2, -0.15) is 0 Å². The summed E-state index contributed by atoms with van der Waals surface area (Å²) in [4.78, 5) is 16.5. The Balaban J connectivity index is 0.00000144. The van der Waals surface area contributed by atoms with E-state index < -0.39 is 0 Å². The Morgan fingerprint density at radius 2 is 2.17 bits per heavy atom. The molecule has 3 aromatic rings. The molecule has 10 heteroatoms. The van der Waals surface area contributed by atoms with E-state index in [1.54, 1.807) is 5.38 Å². The molecule has 1 unspecified atom stereocenters. The van der Waals surface area contributed by atoms with Gasteiger partial charge < -0.3 is 11.1 Å². The van der Waals surface area contributed by atoms with Crippen LogP contribution in [0.25, 0.3) is 5.65 Å². The minimum Gasteiger partial charge on any atom is -0.341 e. The number of thiazole rings is 1. The van der Waals surface area contributed by atoms with Crippen molar-refractivity contribution in [3.05, 3.63) is 46.3 Å². The number of amides is 1. The minimum atomic E-state index is -0.274. The van der Waals surface area contributed by atoms with Crippen molar-refractivity contribution in [3.8, 4) is 0 Å². The first kappa shape index (κ1) is 20.3. The molecule has 3 N–H and O–H groups in total. The number of nitrogens with zero attached hydrogens (tertiary/aromatic N) is 4. The summed E-state index contributed by atoms with van der Waals surface area (Å²) in [6, 6.07) is 5.38. The zero-order valence-corrected chi connectivity index (χ0v) is 15.3. The van der Waals surface area contributed by atoms with Gasteiger partial charge in [-0.3, -0.25) is 9.20 Å². The molecule has 0 spiro atoms. The van der Waals surface area contributed by atoms with Gasteiger partial charge in [0.25, 0.3) is 5.91 Å². The SMILES string of the molecule is CC(NC(=O)c1csc(CCN)n1)c1nnc2ccccn12.Cl.Cl. The molecule has 0 aliphatic carbocycles. The van der Waals surface area contributed by atoms with Gasteiger partial charge in [0.15, 0.2) is 11.5 Å². The van der Waals surface area contributed by atoms with E-state index in [2.05, 4.69) is 20.5 Å². The highest BCUT2D eigenvalue weighted by Gasteiger charge is 2.18. The summed E-state index contributed by atoms with van der Waals surface area (Å²) < 4.78 is 1.85. The summed E-state index contributed by atoms with van der Waals surface area (Å²) >= 11 is 1.44. The number of fused-ring (bicyclic) bond motifs is 1. The Morgan fingerprint density at radius 1 is 1.38 bits per heavy atom. The highest BCUT2D eigenvalue weighted by molar-refractivity contribution is 7.09. The summed E-state index contributed by atoms with van der Waals surface area (Å²) in [5.74, 6) is 0.459. The van der Waals surface area contributed by atoms with E-state index >= 15 is 0 Å². The second-order valence-corrected chi connectivity index (χ2v) is 5.79. The monoisotopic (exact) mass is 388 g/mol. The van der Waals surface area contributed by atoms with E-state index in [9.17, 15) is 4.79 Å². The second kappa shape index (κ2) is 8.93. The van der Waals surface area contributed by atoms with Crippen LogP contribution in [0.1, 0.15) is 34.3 Å². The number of halogens is 2. The maximum absolute atomic E-state index is 12.2. The van der Waals surface area contributed by atoms with Gasteiger partial charge in [0, 0.05) is 18.0 Å². The summed E-state index contributed by atoms with van der Waals surface area (Å²) in [5, 5.41) is 13.7. The van der Waals surface area contributed by atoms with Crippen molar-refractivity contribution >= 4 is 47.7 Å². The molecule has 0 aromatic carbocycles. The molecule has 0 aliphatic rings. The number of aromatic nitrogens is 4. The Morgan fingerprint density at radius 3 is 2.92 bits per heavy atom. The highest BCUT2D eigenvalue weighted by Crippen LogP contribution is 2.14. The first-order valence-corrected chi connectivity index (χ1v) is 7.82. The fourth-order valence-corrected chi connectivity index (χ4v) is 2.94. The minimum absolute atomic E-state index is 0. The zero-order valence-electron chi connectivity index (χ0n) is 12.9. The van der Waals surface area contributed by atoms with E-state index in [-0.39, 0.29) is 36.8 Å². The van der Waals surface area contributed by atoms with Crippen LogP contribution in [-0.2, 0) is 6.42 Å². The lowest BCUT2D eigenvalue weighted by Crippen LogP contribution is -2.28. The molecule has 1 atom stereocenters. The maximum atomic E-state index is 12.2. The van der Waals surface area contributed by atoms with Crippen LogP contribution in [0.4, 0.5) is 0 Å². The van der Waals surface area contributed by atoms with Crippen molar-refractivity contribution in [2.45, 2.75) is 19.4 Å². The number of nitrogens with one attached hydrogen (secondary N) is 1. The van der Waals surface area contributed by atoms with Crippen LogP contribution >= 0.6 is 36.2 Å². The predicted octanol–water partition coefficient (Wildman–Crippen LogP) is 2.02. The Hall–Kier alpha value is -1.74. The number of rotatable bonds is 5. The standard InChI is InChI=1S/C14H16N6OS.2ClH/c1-9(13-19-18-11-4-2-3-7-20(11)13)16-14(21)10-8-22-12(17-10)5-6-15;;/h2-4,7-9H,5-6,15H2,1H3,(H,16,21);2*1H. The number of hydrogen-bond acceptors (Lipinski definition) is 6. The molecule has 0 saturated carbocycles. The van der Waals surface area contributed by atoms with E-state index in [0.29, 0.717) is 24.5 Å². The van der Waals surface area contributed by atoms with Gasteiger partial charge in [-0.15, -0.1) is 46.3 Å². The van der Waals surface area contributed by atoms with E-state index in [0.717, 1.165) is 10.7 Å². The molecule has 0 radical (unpaired) electrons. The van der Waals surface area contributed by atoms with E-state index in [1.807, 2.05) is 35.7 Å². The molecule has 1 amide bonds. The number of carbonyl (C=O) groups is 1. The summed E-state index contributed by atoms with van der Waals surface area (Å²) in [5.41, 5.74) is 6.65. The topological polar surface area (TPSA) is 98.2 Å². The first-order chi connectivity index (χ1) is 10.7. The average Bonchev–Trinajstić information content (AvgIpc) is 3.14. The molecule has 0 bridgehead atoms. The van der Waals surface area contributed by atoms with Gasteiger partial charge in [0.2, 0.25) is 0 Å². The van der Waals surface area contributed by atoms with Crippen molar-refractivity contribution in [2.24, 2.45) is 5.73 Å². The number of carbonyl (C=O) groups excluding carboxylic acids is 1. The quantitative estimate of drug-likeness (QED) is 0.696. The predicted molar refractivity (Wildman–Crippen MR) is 98.2 cm³/mol. The third-order valence-corrected chi connectivity index (χ3v) is 4.13. The summed E-state index contributed by atoms with van der Waals surface area (Å²) in [6.45, 7) is 2.39. The third kappa shape index (κ3) is 4.21. The fourth-order valence-electron chi connectivity index (χ4n) is 2.14. The van der Waals surface area contributed by atoms with Crippen molar-refractivity contribution in [1.82, 2.24) is 24.9 Å². The fraction of sp³-hybridized carbons (Fsp3) is 0.286. The van der Waals surface area contributed by atoms with Crippen LogP contribution in [0.2, 0.25) is 0 Å². The molecule has 0 fully saturated rings. The number of hydrogen-bond donors (Lipinski definition) is 2. The normalized spacial score (nSPS) is 11.4. The Labute approximate surface area is 155 Å². The lowest BCUT2D eigenvalue weighted by Gasteiger charge is -2.11. The van der Waals surface area contributed by atoms with E-state index in [1.165, 1.54) is 11.3 Å². The van der Waals surface area contributed by atoms with Crippen LogP contribution in [0.3, 0.4) is 0 Å². The van der Waals surface area contributed by atoms with Crippen LogP contribution in [0, 0.1) is 0 Å². The van der Waals surface area contributed by atoms with Crippen molar-refractivity contribution in [3.63, 3.8) is 0 Å². The second-order valence-electron chi connectivity index (χ2n) is 4.85. The number of pyridine rings is 1. The first-order valence-electron chi connectivity index (χ1n) is 6.94. The highest BCUT2D eigenvalue weighted by atomic mass is 35.5. The van der Waals surface area contributed by atoms with Gasteiger partial charge in [-0.1, -0.05) is 6.07 Å². The van der Waals surface area contributed by atoms with Crippen LogP contribution in [0.15, 0.2) is 29.8 Å². The van der Waals surface area contributed by atoms with Gasteiger partial charge in [0.1, 0.15) is 5.69 Å². The van der Waals surface area contributed by atoms with E-state index in [4.69, 9.17) is 5.73 Å². The average molecular weight is 389 g/mol. The van der Waals surface area contributed by atoms with Gasteiger partial charge in [-0.25, -0.2) is 4.98 Å². The Bertz CT molecular complexity index is 805. The molecular weight excluding hydrogens is 371 g/mol. The lowest BCUT2D eigenvalue weighted by molar-refractivity contribution is 0.0933. The molecule has 7 nitrogen and oxygen atoms in total. The van der Waals surface area contributed by atoms with Crippen LogP contribution in [-0.4, -0.2) is 32.0 Å². The van der Waals surface area contributed by atoms with Gasteiger partial charge in [-0.05, 0) is 25.6 Å². The zero-order chi connectivity index (χ0) is 15.5. The van der Waals surface area contributed by atoms with Crippen molar-refractivity contribution < 1.29 is 4.79 Å². The molecule has 3 aromatic heterocycles. The third-order valence-electron chi connectivity index (χ3n) is 3.22. The largest absolute Gasteiger partial charge is 0.341 e. The molecule has 0 saturated heterocycles. The lowest BCUT2D eigenvalue weighted by atomic mass is 10.3. The maximum Gasteiger partial charge on any atom is 0.271 e. The Kier molecular flexibility index (Phi) is 7.56. The molecule has 3 rings (SSSR count). The van der Waals surface area contributed by atoms with Crippen LogP contribution < -0.4 is 11.1 Å². The summed E-state index contributed by atoms with van der Waals surface area (Å²) in [7, 11) is 0. The molecule has 3 heterocycles. The summed E-state index contributed by atoms with van der Waals surface area (Å²) in [6.07, 6.45) is 2.55. The van der Waals surface area contributed by atoms with Gasteiger partial charge in [0.05, 0.1) is 11.0 Å². The van der Waals surface area contributed by atoms with Crippen molar-refractivity contribution in [1.29, 1.82) is 0 Å². The van der Waals surface area contributed by atoms with Crippen LogP contribution in [0.5, 0.6) is 0 Å². The molecule has 130 valence electrons. The molecular formula is C14H18Cl2N6OS. The van der Waals surface area contributed by atoms with Crippen molar-refractivity contribution in [2.75, 3.05) is 6.54 Å². The molecule has 24 heavy (non-hydrogen) atoms. The smallest absolute Gasteiger partial charge is 0.271 e.